The van der Waals surface area contributed by atoms with Crippen molar-refractivity contribution in [3.05, 3.63) is 90.5 Å². The smallest absolute Gasteiger partial charge is 0.264 e. The Kier molecular flexibility index (Phi) is 9.90. The van der Waals surface area contributed by atoms with Crippen LogP contribution in [-0.4, -0.2) is 50.4 Å². The number of hydrogen-bond donors (Lipinski definition) is 1. The van der Waals surface area contributed by atoms with E-state index in [0.717, 1.165) is 9.87 Å². The molecule has 3 aromatic carbocycles. The molecule has 0 fully saturated rings. The fraction of sp³-hybridized carbons (Fsp3) is 0.310. The molecule has 0 heterocycles. The molecule has 3 aromatic rings. The van der Waals surface area contributed by atoms with Crippen molar-refractivity contribution in [1.82, 2.24) is 10.2 Å². The topological polar surface area (TPSA) is 96.0 Å². The van der Waals surface area contributed by atoms with Crippen molar-refractivity contribution < 1.29 is 22.7 Å². The van der Waals surface area contributed by atoms with Gasteiger partial charge in [0.2, 0.25) is 11.8 Å². The fourth-order valence-corrected chi connectivity index (χ4v) is 5.31. The summed E-state index contributed by atoms with van der Waals surface area (Å²) >= 11 is 0. The Bertz CT molecular complexity index is 1300. The van der Waals surface area contributed by atoms with E-state index in [1.54, 1.807) is 49.4 Å². The molecule has 9 heteroatoms. The van der Waals surface area contributed by atoms with Gasteiger partial charge in [0.25, 0.3) is 10.0 Å². The van der Waals surface area contributed by atoms with E-state index in [1.807, 2.05) is 51.1 Å². The van der Waals surface area contributed by atoms with Crippen LogP contribution in [0.5, 0.6) is 5.75 Å². The molecule has 2 amide bonds. The van der Waals surface area contributed by atoms with Gasteiger partial charge < -0.3 is 15.0 Å². The Morgan fingerprint density at radius 2 is 1.45 bits per heavy atom. The number of amides is 2. The lowest BCUT2D eigenvalue weighted by Gasteiger charge is -2.32. The van der Waals surface area contributed by atoms with Crippen LogP contribution in [0.15, 0.2) is 89.8 Å². The number of hydrogen-bond acceptors (Lipinski definition) is 5. The van der Waals surface area contributed by atoms with Crippen LogP contribution in [0.4, 0.5) is 5.69 Å². The molecule has 3 rings (SSSR count). The third kappa shape index (κ3) is 7.35. The van der Waals surface area contributed by atoms with Crippen LogP contribution < -0.4 is 14.4 Å². The van der Waals surface area contributed by atoms with Crippen molar-refractivity contribution in [3.63, 3.8) is 0 Å². The first-order chi connectivity index (χ1) is 18.1. The number of para-hydroxylation sites is 1. The molecule has 0 bridgehead atoms. The maximum atomic E-state index is 13.8. The molecule has 1 unspecified atom stereocenters. The Hall–Kier alpha value is -3.85. The maximum absolute atomic E-state index is 13.8. The number of carbonyl (C=O) groups excluding carboxylic acids is 2. The van der Waals surface area contributed by atoms with Crippen LogP contribution in [0.2, 0.25) is 0 Å². The van der Waals surface area contributed by atoms with Crippen LogP contribution in [0.3, 0.4) is 0 Å². The van der Waals surface area contributed by atoms with E-state index in [-0.39, 0.29) is 23.4 Å². The summed E-state index contributed by atoms with van der Waals surface area (Å²) in [6, 6.07) is 22.9. The Morgan fingerprint density at radius 3 is 2.00 bits per heavy atom. The second-order valence-corrected chi connectivity index (χ2v) is 11.0. The predicted molar refractivity (Wildman–Crippen MR) is 148 cm³/mol. The van der Waals surface area contributed by atoms with Gasteiger partial charge in [0.1, 0.15) is 18.3 Å². The standard InChI is InChI=1S/C29H35N3O5S/c1-5-37-26-16-18-27(19-17-26)38(35,36)32(25-14-10-7-11-15-25)21-28(33)31(20-24-12-8-6-9-13-24)23(4)29(34)30-22(2)3/h6-19,22-23H,5,20-21H2,1-4H3,(H,30,34). The second kappa shape index (κ2) is 13.1. The molecule has 8 nitrogen and oxygen atoms in total. The molecular formula is C29H35N3O5S. The van der Waals surface area contributed by atoms with E-state index in [1.165, 1.54) is 17.0 Å². The highest BCUT2D eigenvalue weighted by Gasteiger charge is 2.32. The van der Waals surface area contributed by atoms with Crippen molar-refractivity contribution in [2.45, 2.75) is 51.2 Å². The summed E-state index contributed by atoms with van der Waals surface area (Å²) in [6.45, 7) is 7.30. The third-order valence-electron chi connectivity index (χ3n) is 5.84. The number of anilines is 1. The van der Waals surface area contributed by atoms with Gasteiger partial charge in [-0.05, 0) is 69.7 Å². The van der Waals surface area contributed by atoms with Gasteiger partial charge in [-0.2, -0.15) is 0 Å². The summed E-state index contributed by atoms with van der Waals surface area (Å²) in [6.07, 6.45) is 0. The molecule has 1 atom stereocenters. The van der Waals surface area contributed by atoms with E-state index in [9.17, 15) is 18.0 Å². The summed E-state index contributed by atoms with van der Waals surface area (Å²) in [5.41, 5.74) is 1.17. The number of benzene rings is 3. The van der Waals surface area contributed by atoms with E-state index in [0.29, 0.717) is 18.0 Å². The lowest BCUT2D eigenvalue weighted by Crippen LogP contribution is -2.52. The van der Waals surface area contributed by atoms with Crippen molar-refractivity contribution in [1.29, 1.82) is 0 Å². The van der Waals surface area contributed by atoms with Gasteiger partial charge >= 0.3 is 0 Å². The molecule has 0 saturated carbocycles. The van der Waals surface area contributed by atoms with Crippen molar-refractivity contribution in [2.75, 3.05) is 17.5 Å². The molecule has 0 aliphatic heterocycles. The number of rotatable bonds is 12. The van der Waals surface area contributed by atoms with Crippen molar-refractivity contribution >= 4 is 27.5 Å². The van der Waals surface area contributed by atoms with Crippen LogP contribution in [0.25, 0.3) is 0 Å². The molecule has 0 spiro atoms. The first-order valence-electron chi connectivity index (χ1n) is 12.6. The molecule has 0 aromatic heterocycles. The zero-order valence-corrected chi connectivity index (χ0v) is 23.0. The predicted octanol–water partition coefficient (Wildman–Crippen LogP) is 4.22. The normalized spacial score (nSPS) is 12.0. The first kappa shape index (κ1) is 28.7. The highest BCUT2D eigenvalue weighted by atomic mass is 32.2. The van der Waals surface area contributed by atoms with E-state index in [2.05, 4.69) is 5.32 Å². The van der Waals surface area contributed by atoms with Crippen LogP contribution >= 0.6 is 0 Å². The third-order valence-corrected chi connectivity index (χ3v) is 7.63. The summed E-state index contributed by atoms with van der Waals surface area (Å²) in [5.74, 6) is -0.267. The van der Waals surface area contributed by atoms with Gasteiger partial charge in [-0.15, -0.1) is 0 Å². The highest BCUT2D eigenvalue weighted by Crippen LogP contribution is 2.26. The first-order valence-corrected chi connectivity index (χ1v) is 14.0. The van der Waals surface area contributed by atoms with Gasteiger partial charge in [-0.3, -0.25) is 13.9 Å². The fourth-order valence-electron chi connectivity index (χ4n) is 3.89. The number of nitrogens with one attached hydrogen (secondary N) is 1. The van der Waals surface area contributed by atoms with Gasteiger partial charge in [-0.1, -0.05) is 48.5 Å². The molecule has 38 heavy (non-hydrogen) atoms. The Morgan fingerprint density at radius 1 is 0.868 bits per heavy atom. The highest BCUT2D eigenvalue weighted by molar-refractivity contribution is 7.92. The minimum atomic E-state index is -4.12. The molecule has 0 saturated heterocycles. The van der Waals surface area contributed by atoms with Gasteiger partial charge in [0.15, 0.2) is 0 Å². The van der Waals surface area contributed by atoms with E-state index < -0.39 is 28.5 Å². The summed E-state index contributed by atoms with van der Waals surface area (Å²) in [7, 11) is -4.12. The largest absolute Gasteiger partial charge is 0.494 e. The molecule has 0 radical (unpaired) electrons. The number of carbonyl (C=O) groups is 2. The summed E-state index contributed by atoms with van der Waals surface area (Å²) in [5, 5.41) is 2.84. The second-order valence-electron chi connectivity index (χ2n) is 9.10. The average Bonchev–Trinajstić information content (AvgIpc) is 2.91. The number of nitrogens with zero attached hydrogens (tertiary/aromatic N) is 2. The monoisotopic (exact) mass is 537 g/mol. The maximum Gasteiger partial charge on any atom is 0.264 e. The van der Waals surface area contributed by atoms with E-state index in [4.69, 9.17) is 4.74 Å². The van der Waals surface area contributed by atoms with E-state index >= 15 is 0 Å². The van der Waals surface area contributed by atoms with Gasteiger partial charge in [0, 0.05) is 12.6 Å². The van der Waals surface area contributed by atoms with Crippen LogP contribution in [0, 0.1) is 0 Å². The lowest BCUT2D eigenvalue weighted by atomic mass is 10.1. The quantitative estimate of drug-likeness (QED) is 0.373. The van der Waals surface area contributed by atoms with Crippen molar-refractivity contribution in [2.24, 2.45) is 0 Å². The molecule has 0 aliphatic carbocycles. The van der Waals surface area contributed by atoms with Crippen LogP contribution in [0.1, 0.15) is 33.3 Å². The number of sulfonamides is 1. The van der Waals surface area contributed by atoms with Crippen molar-refractivity contribution in [3.8, 4) is 5.75 Å². The molecule has 1 N–H and O–H groups in total. The summed E-state index contributed by atoms with van der Waals surface area (Å²) < 4.78 is 34.1. The zero-order valence-electron chi connectivity index (χ0n) is 22.2. The van der Waals surface area contributed by atoms with Crippen LogP contribution in [-0.2, 0) is 26.2 Å². The SMILES string of the molecule is CCOc1ccc(S(=O)(=O)N(CC(=O)N(Cc2ccccc2)C(C)C(=O)NC(C)C)c2ccccc2)cc1. The molecule has 202 valence electrons. The zero-order chi connectivity index (χ0) is 27.7. The molecule has 0 aliphatic rings. The lowest BCUT2D eigenvalue weighted by molar-refractivity contribution is -0.139. The van der Waals surface area contributed by atoms with Gasteiger partial charge in [0.05, 0.1) is 17.2 Å². The Labute approximate surface area is 225 Å². The van der Waals surface area contributed by atoms with Gasteiger partial charge in [-0.25, -0.2) is 8.42 Å². The number of ether oxygens (including phenoxy) is 1. The minimum absolute atomic E-state index is 0.0258. The minimum Gasteiger partial charge on any atom is -0.494 e. The summed E-state index contributed by atoms with van der Waals surface area (Å²) in [4.78, 5) is 28.1. The Balaban J connectivity index is 1.98. The average molecular weight is 538 g/mol. The molecular weight excluding hydrogens is 502 g/mol.